The second-order valence-electron chi connectivity index (χ2n) is 3.42. The summed E-state index contributed by atoms with van der Waals surface area (Å²) in [4.78, 5) is 5.32. The molecule has 0 aliphatic carbocycles. The molecule has 15 heavy (non-hydrogen) atoms. The zero-order chi connectivity index (χ0) is 10.3. The van der Waals surface area contributed by atoms with Crippen molar-refractivity contribution >= 4 is 26.5 Å². The third kappa shape index (κ3) is 1.33. The van der Waals surface area contributed by atoms with Gasteiger partial charge >= 0.3 is 0 Å². The highest BCUT2D eigenvalue weighted by Gasteiger charge is 2.05. The van der Waals surface area contributed by atoms with E-state index < -0.39 is 0 Å². The maximum absolute atomic E-state index is 5.11. The van der Waals surface area contributed by atoms with Crippen LogP contribution < -0.4 is 0 Å². The summed E-state index contributed by atoms with van der Waals surface area (Å²) in [5, 5.41) is 0. The van der Waals surface area contributed by atoms with E-state index in [4.69, 9.17) is 4.74 Å². The summed E-state index contributed by atoms with van der Waals surface area (Å²) in [6, 6.07) is 6.38. The molecule has 3 rings (SSSR count). The molecule has 0 unspecified atom stereocenters. The van der Waals surface area contributed by atoms with E-state index in [2.05, 4.69) is 27.6 Å². The number of imidazole rings is 1. The van der Waals surface area contributed by atoms with Crippen LogP contribution in [0.3, 0.4) is 0 Å². The molecular formula is C11H10N2OS. The minimum atomic E-state index is 0.663. The Morgan fingerprint density at radius 2 is 2.40 bits per heavy atom. The lowest BCUT2D eigenvalue weighted by Crippen LogP contribution is -1.86. The number of hydrogen-bond donors (Lipinski definition) is 0. The number of aromatic nitrogens is 2. The lowest BCUT2D eigenvalue weighted by Gasteiger charge is -1.98. The summed E-state index contributed by atoms with van der Waals surface area (Å²) in [6.07, 6.45) is 3.82. The number of fused-ring (bicyclic) bond motifs is 3. The molecule has 0 atom stereocenters. The first-order chi connectivity index (χ1) is 7.38. The molecular weight excluding hydrogens is 208 g/mol. The number of thiazole rings is 1. The molecule has 0 aliphatic heterocycles. The van der Waals surface area contributed by atoms with Gasteiger partial charge in [0.1, 0.15) is 0 Å². The summed E-state index contributed by atoms with van der Waals surface area (Å²) < 4.78 is 8.48. The molecule has 0 spiro atoms. The summed E-state index contributed by atoms with van der Waals surface area (Å²) in [5.74, 6) is 0. The molecule has 0 fully saturated rings. The lowest BCUT2D eigenvalue weighted by molar-refractivity contribution is 0.185. The topological polar surface area (TPSA) is 26.5 Å². The van der Waals surface area contributed by atoms with Crippen LogP contribution in [0.5, 0.6) is 0 Å². The van der Waals surface area contributed by atoms with Gasteiger partial charge < -0.3 is 4.74 Å². The number of nitrogens with zero attached hydrogens (tertiary/aromatic N) is 2. The molecule has 0 N–H and O–H groups in total. The smallest absolute Gasteiger partial charge is 0.194 e. The largest absolute Gasteiger partial charge is 0.380 e. The van der Waals surface area contributed by atoms with Crippen molar-refractivity contribution in [3.05, 3.63) is 36.2 Å². The van der Waals surface area contributed by atoms with Gasteiger partial charge in [-0.2, -0.15) is 0 Å². The SMILES string of the molecule is COCc1ccc2c(c1)sc1nccn12. The highest BCUT2D eigenvalue weighted by molar-refractivity contribution is 7.23. The Bertz CT molecular complexity index is 611. The number of benzene rings is 1. The Morgan fingerprint density at radius 3 is 3.27 bits per heavy atom. The molecule has 1 aromatic carbocycles. The van der Waals surface area contributed by atoms with Crippen molar-refractivity contribution in [1.29, 1.82) is 0 Å². The van der Waals surface area contributed by atoms with Gasteiger partial charge in [-0.05, 0) is 17.7 Å². The van der Waals surface area contributed by atoms with Gasteiger partial charge in [-0.1, -0.05) is 17.4 Å². The molecule has 3 nitrogen and oxygen atoms in total. The number of rotatable bonds is 2. The molecule has 2 aromatic heterocycles. The van der Waals surface area contributed by atoms with Crippen molar-refractivity contribution < 1.29 is 4.74 Å². The van der Waals surface area contributed by atoms with Crippen LogP contribution in [-0.2, 0) is 11.3 Å². The average Bonchev–Trinajstić information content (AvgIpc) is 2.77. The molecule has 3 aromatic rings. The van der Waals surface area contributed by atoms with Crippen LogP contribution in [0.4, 0.5) is 0 Å². The number of methoxy groups -OCH3 is 1. The van der Waals surface area contributed by atoms with Crippen molar-refractivity contribution in [2.45, 2.75) is 6.61 Å². The first kappa shape index (κ1) is 8.88. The van der Waals surface area contributed by atoms with Crippen LogP contribution in [-0.4, -0.2) is 16.5 Å². The minimum absolute atomic E-state index is 0.663. The maximum Gasteiger partial charge on any atom is 0.194 e. The third-order valence-electron chi connectivity index (χ3n) is 2.40. The fourth-order valence-corrected chi connectivity index (χ4v) is 2.79. The van der Waals surface area contributed by atoms with Gasteiger partial charge in [0, 0.05) is 19.5 Å². The summed E-state index contributed by atoms with van der Waals surface area (Å²) >= 11 is 1.70. The molecule has 2 heterocycles. The molecule has 0 aliphatic rings. The normalized spacial score (nSPS) is 11.5. The fourth-order valence-electron chi connectivity index (χ4n) is 1.74. The van der Waals surface area contributed by atoms with Gasteiger partial charge in [0.05, 0.1) is 16.8 Å². The Labute approximate surface area is 90.9 Å². The maximum atomic E-state index is 5.11. The molecule has 0 radical (unpaired) electrons. The van der Waals surface area contributed by atoms with Gasteiger partial charge in [0.2, 0.25) is 0 Å². The predicted molar refractivity (Wildman–Crippen MR) is 61.3 cm³/mol. The Kier molecular flexibility index (Phi) is 1.97. The van der Waals surface area contributed by atoms with Gasteiger partial charge in [0.15, 0.2) is 4.96 Å². The van der Waals surface area contributed by atoms with E-state index in [-0.39, 0.29) is 0 Å². The molecule has 76 valence electrons. The van der Waals surface area contributed by atoms with Gasteiger partial charge in [-0.25, -0.2) is 4.98 Å². The molecule has 0 amide bonds. The van der Waals surface area contributed by atoms with E-state index in [9.17, 15) is 0 Å². The number of ether oxygens (including phenoxy) is 1. The standard InChI is InChI=1S/C11H10N2OS/c1-14-7-8-2-3-9-10(6-8)15-11-12-4-5-13(9)11/h2-6H,7H2,1H3. The van der Waals surface area contributed by atoms with Crippen molar-refractivity contribution in [1.82, 2.24) is 9.38 Å². The average molecular weight is 218 g/mol. The van der Waals surface area contributed by atoms with Crippen LogP contribution in [0.15, 0.2) is 30.6 Å². The summed E-state index contributed by atoms with van der Waals surface area (Å²) in [7, 11) is 1.71. The second kappa shape index (κ2) is 3.32. The highest BCUT2D eigenvalue weighted by Crippen LogP contribution is 2.26. The van der Waals surface area contributed by atoms with Crippen LogP contribution in [0.25, 0.3) is 15.2 Å². The van der Waals surface area contributed by atoms with Gasteiger partial charge in [-0.15, -0.1) is 0 Å². The van der Waals surface area contributed by atoms with Gasteiger partial charge in [-0.3, -0.25) is 4.40 Å². The third-order valence-corrected chi connectivity index (χ3v) is 3.43. The Hall–Kier alpha value is -1.39. The fraction of sp³-hybridized carbons (Fsp3) is 0.182. The van der Waals surface area contributed by atoms with Crippen molar-refractivity contribution in [2.75, 3.05) is 7.11 Å². The van der Waals surface area contributed by atoms with E-state index in [1.165, 1.54) is 15.8 Å². The lowest BCUT2D eigenvalue weighted by atomic mass is 10.2. The van der Waals surface area contributed by atoms with Crippen LogP contribution in [0.1, 0.15) is 5.56 Å². The van der Waals surface area contributed by atoms with Crippen LogP contribution in [0.2, 0.25) is 0 Å². The van der Waals surface area contributed by atoms with Crippen molar-refractivity contribution in [2.24, 2.45) is 0 Å². The number of hydrogen-bond acceptors (Lipinski definition) is 3. The van der Waals surface area contributed by atoms with Gasteiger partial charge in [0.25, 0.3) is 0 Å². The van der Waals surface area contributed by atoms with E-state index in [0.29, 0.717) is 6.61 Å². The summed E-state index contributed by atoms with van der Waals surface area (Å²) in [6.45, 7) is 0.663. The highest BCUT2D eigenvalue weighted by atomic mass is 32.1. The minimum Gasteiger partial charge on any atom is -0.380 e. The summed E-state index contributed by atoms with van der Waals surface area (Å²) in [5.41, 5.74) is 2.42. The predicted octanol–water partition coefficient (Wildman–Crippen LogP) is 2.70. The Morgan fingerprint density at radius 1 is 1.47 bits per heavy atom. The van der Waals surface area contributed by atoms with E-state index in [1.807, 2.05) is 12.4 Å². The molecule has 0 saturated carbocycles. The zero-order valence-electron chi connectivity index (χ0n) is 8.30. The Balaban J connectivity index is 2.26. The first-order valence-electron chi connectivity index (χ1n) is 4.72. The van der Waals surface area contributed by atoms with E-state index in [1.54, 1.807) is 18.4 Å². The molecule has 0 bridgehead atoms. The van der Waals surface area contributed by atoms with E-state index in [0.717, 1.165) is 4.96 Å². The van der Waals surface area contributed by atoms with Crippen molar-refractivity contribution in [3.8, 4) is 0 Å². The molecule has 0 saturated heterocycles. The quantitative estimate of drug-likeness (QED) is 0.661. The van der Waals surface area contributed by atoms with Crippen molar-refractivity contribution in [3.63, 3.8) is 0 Å². The first-order valence-corrected chi connectivity index (χ1v) is 5.53. The monoisotopic (exact) mass is 218 g/mol. The van der Waals surface area contributed by atoms with E-state index >= 15 is 0 Å². The van der Waals surface area contributed by atoms with Crippen LogP contribution >= 0.6 is 11.3 Å². The zero-order valence-corrected chi connectivity index (χ0v) is 9.12. The molecule has 4 heteroatoms. The van der Waals surface area contributed by atoms with Crippen LogP contribution in [0, 0.1) is 0 Å². The second-order valence-corrected chi connectivity index (χ2v) is 4.43.